The third-order valence-electron chi connectivity index (χ3n) is 2.74. The molecule has 1 rings (SSSR count). The monoisotopic (exact) mass is 264 g/mol. The fourth-order valence-corrected chi connectivity index (χ4v) is 1.79. The van der Waals surface area contributed by atoms with Crippen LogP contribution < -0.4 is 0 Å². The largest absolute Gasteiger partial charge is 0.472 e. The van der Waals surface area contributed by atoms with Crippen molar-refractivity contribution in [3.05, 3.63) is 35.8 Å². The number of aliphatic hydroxyl groups is 1. The van der Waals surface area contributed by atoms with Crippen LogP contribution in [0.25, 0.3) is 0 Å². The van der Waals surface area contributed by atoms with E-state index in [2.05, 4.69) is 0 Å². The van der Waals surface area contributed by atoms with Gasteiger partial charge < -0.3 is 9.52 Å². The van der Waals surface area contributed by atoms with E-state index in [0.717, 1.165) is 5.57 Å². The molecule has 0 fully saturated rings. The van der Waals surface area contributed by atoms with Gasteiger partial charge in [-0.05, 0) is 39.3 Å². The van der Waals surface area contributed by atoms with Gasteiger partial charge in [-0.2, -0.15) is 0 Å². The molecule has 1 atom stereocenters. The van der Waals surface area contributed by atoms with Crippen LogP contribution in [0.5, 0.6) is 0 Å². The Morgan fingerprint density at radius 3 is 2.63 bits per heavy atom. The first kappa shape index (κ1) is 15.4. The number of hydrogen-bond donors (Lipinski definition) is 1. The number of allylic oxidation sites excluding steroid dienone is 2. The maximum Gasteiger partial charge on any atom is 0.166 e. The molecule has 0 bridgehead atoms. The highest BCUT2D eigenvalue weighted by Crippen LogP contribution is 2.19. The second-order valence-electron chi connectivity index (χ2n) is 5.30. The summed E-state index contributed by atoms with van der Waals surface area (Å²) in [4.78, 5) is 23.4. The molecule has 0 aliphatic heterocycles. The number of ketones is 2. The quantitative estimate of drug-likeness (QED) is 0.607. The summed E-state index contributed by atoms with van der Waals surface area (Å²) in [6.07, 6.45) is 4.78. The molecule has 1 aromatic rings. The molecule has 0 aliphatic rings. The Labute approximate surface area is 113 Å². The van der Waals surface area contributed by atoms with Gasteiger partial charge in [0.25, 0.3) is 0 Å². The van der Waals surface area contributed by atoms with Crippen LogP contribution >= 0.6 is 0 Å². The van der Waals surface area contributed by atoms with Crippen LogP contribution in [0, 0.1) is 0 Å². The summed E-state index contributed by atoms with van der Waals surface area (Å²) in [6, 6.07) is 1.59. The third kappa shape index (κ3) is 5.66. The number of carbonyl (C=O) groups excluding carboxylic acids is 2. The Balaban J connectivity index is 2.49. The molecule has 1 heterocycles. The molecule has 0 aromatic carbocycles. The van der Waals surface area contributed by atoms with Crippen LogP contribution in [-0.2, 0) is 4.79 Å². The molecule has 4 nitrogen and oxygen atoms in total. The van der Waals surface area contributed by atoms with Crippen molar-refractivity contribution >= 4 is 11.6 Å². The Morgan fingerprint density at radius 1 is 1.42 bits per heavy atom. The standard InChI is InChI=1S/C15H20O4/c1-11(2)8-13(16)9-15(3,18)6-4-14(17)12-5-7-19-10-12/h5,7-8,10,18H,4,6,9H2,1-3H3/t15-/m0/s1. The van der Waals surface area contributed by atoms with Crippen molar-refractivity contribution in [3.8, 4) is 0 Å². The molecule has 19 heavy (non-hydrogen) atoms. The molecule has 0 saturated heterocycles. The lowest BCUT2D eigenvalue weighted by Crippen LogP contribution is -2.28. The molecule has 104 valence electrons. The zero-order valence-corrected chi connectivity index (χ0v) is 11.6. The molecule has 0 unspecified atom stereocenters. The molecule has 0 radical (unpaired) electrons. The van der Waals surface area contributed by atoms with Crippen molar-refractivity contribution in [1.82, 2.24) is 0 Å². The predicted molar refractivity (Wildman–Crippen MR) is 72.0 cm³/mol. The van der Waals surface area contributed by atoms with E-state index in [1.807, 2.05) is 13.8 Å². The minimum atomic E-state index is -1.16. The van der Waals surface area contributed by atoms with Gasteiger partial charge in [0.1, 0.15) is 6.26 Å². The summed E-state index contributed by atoms with van der Waals surface area (Å²) in [5.74, 6) is -0.218. The summed E-state index contributed by atoms with van der Waals surface area (Å²) in [5.41, 5.74) is 0.226. The maximum absolute atomic E-state index is 11.7. The van der Waals surface area contributed by atoms with Crippen molar-refractivity contribution in [2.75, 3.05) is 0 Å². The summed E-state index contributed by atoms with van der Waals surface area (Å²) < 4.78 is 4.83. The Morgan fingerprint density at radius 2 is 2.11 bits per heavy atom. The number of carbonyl (C=O) groups is 2. The van der Waals surface area contributed by atoms with Gasteiger partial charge in [0.15, 0.2) is 11.6 Å². The molecule has 0 saturated carbocycles. The minimum Gasteiger partial charge on any atom is -0.472 e. The van der Waals surface area contributed by atoms with Gasteiger partial charge in [-0.15, -0.1) is 0 Å². The van der Waals surface area contributed by atoms with Gasteiger partial charge >= 0.3 is 0 Å². The molecular weight excluding hydrogens is 244 g/mol. The van der Waals surface area contributed by atoms with E-state index < -0.39 is 5.60 Å². The van der Waals surface area contributed by atoms with E-state index in [9.17, 15) is 14.7 Å². The number of furan rings is 1. The van der Waals surface area contributed by atoms with Crippen LogP contribution in [0.1, 0.15) is 50.4 Å². The van der Waals surface area contributed by atoms with Gasteiger partial charge in [-0.25, -0.2) is 0 Å². The minimum absolute atomic E-state index is 0.0246. The SMILES string of the molecule is CC(C)=CC(=O)C[C@@](C)(O)CCC(=O)c1ccoc1. The molecule has 1 aromatic heterocycles. The normalized spacial score (nSPS) is 13.7. The van der Waals surface area contributed by atoms with E-state index in [1.165, 1.54) is 18.6 Å². The maximum atomic E-state index is 11.7. The van der Waals surface area contributed by atoms with Gasteiger partial charge in [-0.3, -0.25) is 9.59 Å². The van der Waals surface area contributed by atoms with E-state index in [1.54, 1.807) is 13.0 Å². The Kier molecular flexibility index (Phi) is 5.24. The lowest BCUT2D eigenvalue weighted by atomic mass is 9.91. The fourth-order valence-electron chi connectivity index (χ4n) is 1.79. The number of hydrogen-bond acceptors (Lipinski definition) is 4. The van der Waals surface area contributed by atoms with E-state index in [-0.39, 0.29) is 30.8 Å². The van der Waals surface area contributed by atoms with Crippen LogP contribution in [0.15, 0.2) is 34.7 Å². The van der Waals surface area contributed by atoms with E-state index >= 15 is 0 Å². The molecule has 1 N–H and O–H groups in total. The van der Waals surface area contributed by atoms with Crippen molar-refractivity contribution in [1.29, 1.82) is 0 Å². The molecule has 0 aliphatic carbocycles. The molecule has 0 spiro atoms. The van der Waals surface area contributed by atoms with Crippen LogP contribution in [0.3, 0.4) is 0 Å². The molecule has 0 amide bonds. The second-order valence-corrected chi connectivity index (χ2v) is 5.30. The van der Waals surface area contributed by atoms with Gasteiger partial charge in [0.2, 0.25) is 0 Å². The highest BCUT2D eigenvalue weighted by Gasteiger charge is 2.24. The fraction of sp³-hybridized carbons (Fsp3) is 0.467. The van der Waals surface area contributed by atoms with Gasteiger partial charge in [0.05, 0.1) is 17.4 Å². The van der Waals surface area contributed by atoms with Crippen LogP contribution in [-0.4, -0.2) is 22.3 Å². The summed E-state index contributed by atoms with van der Waals surface area (Å²) >= 11 is 0. The predicted octanol–water partition coefficient (Wildman–Crippen LogP) is 2.92. The zero-order chi connectivity index (χ0) is 14.5. The van der Waals surface area contributed by atoms with E-state index in [0.29, 0.717) is 5.56 Å². The highest BCUT2D eigenvalue weighted by atomic mass is 16.3. The number of Topliss-reactive ketones (excluding diaryl/α,β-unsaturated/α-hetero) is 1. The Bertz CT molecular complexity index is 462. The highest BCUT2D eigenvalue weighted by molar-refractivity contribution is 5.95. The first-order chi connectivity index (χ1) is 8.80. The first-order valence-corrected chi connectivity index (χ1v) is 6.26. The average Bonchev–Trinajstić information content (AvgIpc) is 2.77. The summed E-state index contributed by atoms with van der Waals surface area (Å²) in [6.45, 7) is 5.23. The van der Waals surface area contributed by atoms with Crippen molar-refractivity contribution in [2.45, 2.75) is 45.6 Å². The van der Waals surface area contributed by atoms with Gasteiger partial charge in [0, 0.05) is 12.8 Å². The van der Waals surface area contributed by atoms with E-state index in [4.69, 9.17) is 4.42 Å². The number of rotatable bonds is 7. The smallest absolute Gasteiger partial charge is 0.166 e. The second kappa shape index (κ2) is 6.48. The lowest BCUT2D eigenvalue weighted by molar-refractivity contribution is -0.119. The Hall–Kier alpha value is -1.68. The molecular formula is C15H20O4. The first-order valence-electron chi connectivity index (χ1n) is 6.26. The van der Waals surface area contributed by atoms with Gasteiger partial charge in [-0.1, -0.05) is 5.57 Å². The average molecular weight is 264 g/mol. The topological polar surface area (TPSA) is 67.5 Å². The van der Waals surface area contributed by atoms with Crippen LogP contribution in [0.2, 0.25) is 0 Å². The third-order valence-corrected chi connectivity index (χ3v) is 2.74. The van der Waals surface area contributed by atoms with Crippen molar-refractivity contribution in [3.63, 3.8) is 0 Å². The van der Waals surface area contributed by atoms with Crippen molar-refractivity contribution in [2.24, 2.45) is 0 Å². The lowest BCUT2D eigenvalue weighted by Gasteiger charge is -2.21. The summed E-state index contributed by atoms with van der Waals surface area (Å²) in [7, 11) is 0. The van der Waals surface area contributed by atoms with Crippen molar-refractivity contribution < 1.29 is 19.1 Å². The zero-order valence-electron chi connectivity index (χ0n) is 11.6. The van der Waals surface area contributed by atoms with Crippen LogP contribution in [0.4, 0.5) is 0 Å². The summed E-state index contributed by atoms with van der Waals surface area (Å²) in [5, 5.41) is 10.1. The molecule has 4 heteroatoms.